The van der Waals surface area contributed by atoms with Crippen LogP contribution in [-0.4, -0.2) is 30.4 Å². The maximum Gasteiger partial charge on any atom is 0.248 e. The number of nitrogens with two attached hydrogens (primary N) is 1. The number of benzene rings is 1. The zero-order valence-electron chi connectivity index (χ0n) is 11.1. The summed E-state index contributed by atoms with van der Waals surface area (Å²) in [4.78, 5) is 13.8. The molecule has 1 aliphatic rings. The molecule has 0 aromatic heterocycles. The van der Waals surface area contributed by atoms with Gasteiger partial charge in [-0.15, -0.1) is 0 Å². The van der Waals surface area contributed by atoms with Crippen LogP contribution in [-0.2, 0) is 6.42 Å². The van der Waals surface area contributed by atoms with Crippen molar-refractivity contribution in [2.75, 3.05) is 13.6 Å². The van der Waals surface area contributed by atoms with E-state index in [0.29, 0.717) is 11.6 Å². The first-order chi connectivity index (χ1) is 8.68. The molecule has 0 aliphatic carbocycles. The lowest BCUT2D eigenvalue weighted by atomic mass is 9.94. The fraction of sp³-hybridized carbons (Fsp3) is 0.533. The summed E-state index contributed by atoms with van der Waals surface area (Å²) in [5, 5.41) is 0. The maximum absolute atomic E-state index is 11.3. The number of rotatable bonds is 4. The number of aryl methyl sites for hydroxylation is 1. The van der Waals surface area contributed by atoms with E-state index in [9.17, 15) is 4.79 Å². The van der Waals surface area contributed by atoms with Gasteiger partial charge in [0.15, 0.2) is 0 Å². The number of nitrogens with zero attached hydrogens (tertiary/aromatic N) is 1. The molecule has 18 heavy (non-hydrogen) atoms. The predicted octanol–water partition coefficient (Wildman–Crippen LogP) is 2.20. The summed E-state index contributed by atoms with van der Waals surface area (Å²) in [7, 11) is 2.20. The van der Waals surface area contributed by atoms with Gasteiger partial charge in [0.05, 0.1) is 0 Å². The molecular weight excluding hydrogens is 224 g/mol. The van der Waals surface area contributed by atoms with Gasteiger partial charge in [0.25, 0.3) is 0 Å². The fourth-order valence-electron chi connectivity index (χ4n) is 2.81. The smallest absolute Gasteiger partial charge is 0.248 e. The van der Waals surface area contributed by atoms with Gasteiger partial charge in [-0.3, -0.25) is 4.79 Å². The lowest BCUT2D eigenvalue weighted by molar-refractivity contribution is 0.0999. The van der Waals surface area contributed by atoms with Crippen LogP contribution in [0.3, 0.4) is 0 Å². The summed E-state index contributed by atoms with van der Waals surface area (Å²) in [5.74, 6) is -0.317. The quantitative estimate of drug-likeness (QED) is 0.885. The van der Waals surface area contributed by atoms with E-state index < -0.39 is 0 Å². The van der Waals surface area contributed by atoms with Crippen LogP contribution in [0.25, 0.3) is 0 Å². The van der Waals surface area contributed by atoms with E-state index in [0.717, 1.165) is 18.4 Å². The van der Waals surface area contributed by atoms with E-state index in [1.807, 2.05) is 24.3 Å². The highest BCUT2D eigenvalue weighted by Gasteiger charge is 2.19. The van der Waals surface area contributed by atoms with E-state index in [-0.39, 0.29) is 5.91 Å². The largest absolute Gasteiger partial charge is 0.366 e. The monoisotopic (exact) mass is 246 g/mol. The van der Waals surface area contributed by atoms with E-state index in [4.69, 9.17) is 5.73 Å². The molecule has 1 atom stereocenters. The molecule has 1 aliphatic heterocycles. The van der Waals surface area contributed by atoms with Crippen molar-refractivity contribution < 1.29 is 4.79 Å². The SMILES string of the molecule is CN1CCCCC1CCc1ccccc1C(N)=O. The Hall–Kier alpha value is -1.35. The van der Waals surface area contributed by atoms with Crippen LogP contribution in [0.4, 0.5) is 0 Å². The zero-order chi connectivity index (χ0) is 13.0. The standard InChI is InChI=1S/C15H22N2O/c1-17-11-5-4-7-13(17)10-9-12-6-2-3-8-14(12)15(16)18/h2-3,6,8,13H,4-5,7,9-11H2,1H3,(H2,16,18). The van der Waals surface area contributed by atoms with E-state index in [1.165, 1.54) is 25.8 Å². The van der Waals surface area contributed by atoms with Crippen molar-refractivity contribution in [2.45, 2.75) is 38.1 Å². The normalized spacial score (nSPS) is 20.8. The number of hydrogen-bond acceptors (Lipinski definition) is 2. The van der Waals surface area contributed by atoms with Crippen molar-refractivity contribution in [3.05, 3.63) is 35.4 Å². The summed E-state index contributed by atoms with van der Waals surface area (Å²) in [5.41, 5.74) is 7.17. The third-order valence-corrected chi connectivity index (χ3v) is 3.95. The zero-order valence-corrected chi connectivity index (χ0v) is 11.1. The summed E-state index contributed by atoms with van der Waals surface area (Å²) in [6.07, 6.45) is 5.96. The predicted molar refractivity (Wildman–Crippen MR) is 73.5 cm³/mol. The van der Waals surface area contributed by atoms with Crippen LogP contribution >= 0.6 is 0 Å². The minimum atomic E-state index is -0.317. The number of likely N-dealkylation sites (tertiary alicyclic amines) is 1. The summed E-state index contributed by atoms with van der Waals surface area (Å²) in [6.45, 7) is 1.20. The molecule has 0 bridgehead atoms. The Labute approximate surface area is 109 Å². The third-order valence-electron chi connectivity index (χ3n) is 3.95. The van der Waals surface area contributed by atoms with Gasteiger partial charge in [0, 0.05) is 11.6 Å². The summed E-state index contributed by atoms with van der Waals surface area (Å²) < 4.78 is 0. The van der Waals surface area contributed by atoms with E-state index >= 15 is 0 Å². The number of piperidine rings is 1. The van der Waals surface area contributed by atoms with Crippen LogP contribution in [0, 0.1) is 0 Å². The van der Waals surface area contributed by atoms with Gasteiger partial charge in [-0.25, -0.2) is 0 Å². The maximum atomic E-state index is 11.3. The fourth-order valence-corrected chi connectivity index (χ4v) is 2.81. The van der Waals surface area contributed by atoms with Gasteiger partial charge in [0.2, 0.25) is 5.91 Å². The Kier molecular flexibility index (Phi) is 4.37. The number of primary amides is 1. The molecule has 2 N–H and O–H groups in total. The van der Waals surface area contributed by atoms with Crippen molar-refractivity contribution in [3.8, 4) is 0 Å². The van der Waals surface area contributed by atoms with Crippen molar-refractivity contribution >= 4 is 5.91 Å². The Bertz CT molecular complexity index is 417. The number of hydrogen-bond donors (Lipinski definition) is 1. The second-order valence-electron chi connectivity index (χ2n) is 5.19. The molecule has 1 aromatic carbocycles. The third kappa shape index (κ3) is 3.10. The van der Waals surface area contributed by atoms with Gasteiger partial charge in [-0.2, -0.15) is 0 Å². The van der Waals surface area contributed by atoms with Gasteiger partial charge in [-0.05, 0) is 50.9 Å². The first-order valence-electron chi connectivity index (χ1n) is 6.76. The Morgan fingerprint density at radius 2 is 2.17 bits per heavy atom. The molecule has 1 unspecified atom stereocenters. The molecule has 2 rings (SSSR count). The van der Waals surface area contributed by atoms with Crippen LogP contribution < -0.4 is 5.73 Å². The van der Waals surface area contributed by atoms with Crippen molar-refractivity contribution in [2.24, 2.45) is 5.73 Å². The first kappa shape index (κ1) is 13.1. The topological polar surface area (TPSA) is 46.3 Å². The highest BCUT2D eigenvalue weighted by Crippen LogP contribution is 2.20. The van der Waals surface area contributed by atoms with E-state index in [2.05, 4.69) is 11.9 Å². The molecule has 1 saturated heterocycles. The number of carbonyl (C=O) groups is 1. The first-order valence-corrected chi connectivity index (χ1v) is 6.76. The van der Waals surface area contributed by atoms with Crippen LogP contribution in [0.1, 0.15) is 41.6 Å². The lowest BCUT2D eigenvalue weighted by Gasteiger charge is -2.32. The molecule has 3 heteroatoms. The van der Waals surface area contributed by atoms with E-state index in [1.54, 1.807) is 0 Å². The van der Waals surface area contributed by atoms with Crippen LogP contribution in [0.5, 0.6) is 0 Å². The molecule has 1 fully saturated rings. The van der Waals surface area contributed by atoms with Gasteiger partial charge < -0.3 is 10.6 Å². The molecule has 0 spiro atoms. The van der Waals surface area contributed by atoms with Crippen LogP contribution in [0.2, 0.25) is 0 Å². The van der Waals surface area contributed by atoms with Crippen molar-refractivity contribution in [3.63, 3.8) is 0 Å². The summed E-state index contributed by atoms with van der Waals surface area (Å²) in [6, 6.07) is 8.34. The van der Waals surface area contributed by atoms with Crippen molar-refractivity contribution in [1.82, 2.24) is 4.90 Å². The molecule has 0 radical (unpaired) electrons. The molecule has 1 aromatic rings. The number of amides is 1. The molecule has 98 valence electrons. The highest BCUT2D eigenvalue weighted by atomic mass is 16.1. The average molecular weight is 246 g/mol. The van der Waals surface area contributed by atoms with Crippen molar-refractivity contribution in [1.29, 1.82) is 0 Å². The molecule has 3 nitrogen and oxygen atoms in total. The summed E-state index contributed by atoms with van der Waals surface area (Å²) >= 11 is 0. The van der Waals surface area contributed by atoms with Crippen LogP contribution in [0.15, 0.2) is 24.3 Å². The molecule has 1 heterocycles. The van der Waals surface area contributed by atoms with Gasteiger partial charge >= 0.3 is 0 Å². The molecule has 1 amide bonds. The highest BCUT2D eigenvalue weighted by molar-refractivity contribution is 5.94. The Balaban J connectivity index is 1.99. The minimum Gasteiger partial charge on any atom is -0.366 e. The minimum absolute atomic E-state index is 0.317. The van der Waals surface area contributed by atoms with Gasteiger partial charge in [0.1, 0.15) is 0 Å². The Morgan fingerprint density at radius 3 is 2.89 bits per heavy atom. The molecular formula is C15H22N2O. The number of carbonyl (C=O) groups excluding carboxylic acids is 1. The average Bonchev–Trinajstić information content (AvgIpc) is 2.38. The lowest BCUT2D eigenvalue weighted by Crippen LogP contribution is -2.36. The Morgan fingerprint density at radius 1 is 1.39 bits per heavy atom. The second kappa shape index (κ2) is 6.01. The van der Waals surface area contributed by atoms with Gasteiger partial charge in [-0.1, -0.05) is 24.6 Å². The second-order valence-corrected chi connectivity index (χ2v) is 5.19. The molecule has 0 saturated carbocycles.